The van der Waals surface area contributed by atoms with Crippen LogP contribution >= 0.6 is 0 Å². The summed E-state index contributed by atoms with van der Waals surface area (Å²) in [5, 5.41) is 0. The third kappa shape index (κ3) is 44.2. The summed E-state index contributed by atoms with van der Waals surface area (Å²) < 4.78 is 44.5. The van der Waals surface area contributed by atoms with E-state index in [1.165, 1.54) is 315 Å². The average Bonchev–Trinajstić information content (AvgIpc) is 0.541. The van der Waals surface area contributed by atoms with Crippen LogP contribution in [0.15, 0.2) is 12.7 Å². The minimum atomic E-state index is 0.0836. The van der Waals surface area contributed by atoms with Crippen molar-refractivity contribution in [2.75, 3.05) is 0 Å². The highest BCUT2D eigenvalue weighted by Crippen LogP contribution is 2.49. The first-order chi connectivity index (χ1) is 71.8. The van der Waals surface area contributed by atoms with Gasteiger partial charge in [0.15, 0.2) is 0 Å². The van der Waals surface area contributed by atoms with Crippen LogP contribution in [0, 0.1) is 142 Å². The Hall–Kier alpha value is -4.50. The number of carbonyl (C=O) groups is 8. The molecule has 8 aliphatic heterocycles. The molecule has 0 spiro atoms. The third-order valence-corrected chi connectivity index (χ3v) is 40.4. The van der Waals surface area contributed by atoms with Gasteiger partial charge in [0.25, 0.3) is 0 Å². The van der Waals surface area contributed by atoms with Crippen molar-refractivity contribution in [3.63, 3.8) is 0 Å². The Kier molecular flexibility index (Phi) is 61.5. The number of hydrogen-bond acceptors (Lipinski definition) is 16. The van der Waals surface area contributed by atoms with Gasteiger partial charge in [0.05, 0.1) is 59.6 Å². The fourth-order valence-electron chi connectivity index (χ4n) is 30.2. The summed E-state index contributed by atoms with van der Waals surface area (Å²) in [6.45, 7) is 36.9. The van der Waals surface area contributed by atoms with E-state index in [2.05, 4.69) is 96.6 Å². The van der Waals surface area contributed by atoms with Crippen LogP contribution in [0.4, 0.5) is 0 Å². The Morgan fingerprint density at radius 1 is 0.189 bits per heavy atom. The number of unbranched alkanes of at least 4 members (excludes halogenated alkanes) is 6. The highest BCUT2D eigenvalue weighted by molar-refractivity contribution is 5.77. The number of hydrogen-bond donors (Lipinski definition) is 0. The van der Waals surface area contributed by atoms with Crippen molar-refractivity contribution < 1.29 is 76.3 Å². The summed E-state index contributed by atoms with van der Waals surface area (Å²) in [6, 6.07) is 0. The predicted octanol–water partition coefficient (Wildman–Crippen LogP) is 35.9. The Morgan fingerprint density at radius 2 is 0.392 bits per heavy atom. The molecule has 16 heteroatoms. The van der Waals surface area contributed by atoms with Gasteiger partial charge >= 0.3 is 47.8 Å². The summed E-state index contributed by atoms with van der Waals surface area (Å²) in [5.74, 6) is 14.7. The van der Waals surface area contributed by atoms with Gasteiger partial charge < -0.3 is 37.9 Å². The van der Waals surface area contributed by atoms with Crippen LogP contribution in [0.1, 0.15) is 585 Å². The zero-order valence-electron chi connectivity index (χ0n) is 98.3. The van der Waals surface area contributed by atoms with E-state index in [9.17, 15) is 38.4 Å². The molecule has 0 radical (unpaired) electrons. The van der Waals surface area contributed by atoms with Crippen LogP contribution in [0.25, 0.3) is 0 Å². The zero-order valence-corrected chi connectivity index (χ0v) is 98.3. The fourth-order valence-corrected chi connectivity index (χ4v) is 30.2. The van der Waals surface area contributed by atoms with E-state index in [0.717, 1.165) is 214 Å². The van der Waals surface area contributed by atoms with Gasteiger partial charge in [0, 0.05) is 0 Å². The van der Waals surface area contributed by atoms with Crippen LogP contribution in [0.5, 0.6) is 0 Å². The zero-order chi connectivity index (χ0) is 106. The van der Waals surface area contributed by atoms with Crippen LogP contribution in [0.3, 0.4) is 0 Å². The Labute approximate surface area is 907 Å². The smallest absolute Gasteiger partial charge is 0.309 e. The lowest BCUT2D eigenvalue weighted by Crippen LogP contribution is -2.36. The Bertz CT molecular complexity index is 3580. The van der Waals surface area contributed by atoms with Gasteiger partial charge in [-0.3, -0.25) is 38.4 Å². The van der Waals surface area contributed by atoms with Gasteiger partial charge in [-0.25, -0.2) is 0 Å². The summed E-state index contributed by atoms with van der Waals surface area (Å²) >= 11 is 0. The van der Waals surface area contributed by atoms with Crippen molar-refractivity contribution in [1.29, 1.82) is 0 Å². The van der Waals surface area contributed by atoms with Gasteiger partial charge in [-0.1, -0.05) is 321 Å². The van der Waals surface area contributed by atoms with Gasteiger partial charge in [-0.2, -0.15) is 0 Å². The lowest BCUT2D eigenvalue weighted by molar-refractivity contribution is -0.165. The minimum Gasteiger partial charge on any atom is -0.462 e. The molecule has 8 saturated carbocycles. The lowest BCUT2D eigenvalue weighted by atomic mass is 9.72. The maximum atomic E-state index is 12.2. The van der Waals surface area contributed by atoms with Gasteiger partial charge in [0.2, 0.25) is 0 Å². The molecule has 0 amide bonds. The number of esters is 8. The summed E-state index contributed by atoms with van der Waals surface area (Å²) in [6.07, 6.45) is 94.8. The molecule has 8 aliphatic carbocycles. The molecule has 8 saturated heterocycles. The molecule has 0 aromatic carbocycles. The molecule has 16 atom stereocenters. The predicted molar refractivity (Wildman–Crippen MR) is 604 cm³/mol. The Balaban J connectivity index is 0.000000188. The monoisotopic (exact) mass is 2070 g/mol. The van der Waals surface area contributed by atoms with Crippen LogP contribution < -0.4 is 0 Å². The second kappa shape index (κ2) is 71.7. The first-order valence-corrected chi connectivity index (χ1v) is 65.0. The number of cyclic esters (lactones) is 8. The molecule has 854 valence electrons. The maximum absolute atomic E-state index is 12.2. The van der Waals surface area contributed by atoms with Crippen LogP contribution in [0.2, 0.25) is 0 Å². The number of allylic oxidation sites excluding steroid dienone is 1. The Morgan fingerprint density at radius 3 is 0.615 bits per heavy atom. The molecule has 16 nitrogen and oxygen atoms in total. The minimum absolute atomic E-state index is 0.0836. The number of carbonyl (C=O) groups excluding carboxylic acids is 8. The molecule has 8 heterocycles. The molecule has 16 aliphatic rings. The third-order valence-electron chi connectivity index (χ3n) is 40.4. The van der Waals surface area contributed by atoms with E-state index in [1.54, 1.807) is 0 Å². The summed E-state index contributed by atoms with van der Waals surface area (Å²) in [4.78, 5) is 96.7. The lowest BCUT2D eigenvalue weighted by Gasteiger charge is -2.36. The van der Waals surface area contributed by atoms with Gasteiger partial charge in [0.1, 0.15) is 36.6 Å². The van der Waals surface area contributed by atoms with Gasteiger partial charge in [-0.15, -0.1) is 6.58 Å². The SMILES string of the molecule is C=CCCC1CCC(C2CCC(CC)CC2)C(=O)O1.CCCC1CCC(C2CCC(C)CC2)C(=O)O1.CCCC1CCC(C2CCC(C)OC2=O)CC1.CCCC1CCC(C2CCC(CC)CC2)C(=O)O1.CCCC1CCC(C2CCC(CCC)OC2=O)CC1.CCCCCC1CCC(C2CCC(C)CC2)C(=O)O1.CCCCCC1CCC(C2CCC(C)OC2=O)CC1.CCCCCC1CCC(C2CCC(CC)OC2=O)CC1. The first kappa shape index (κ1) is 127. The number of rotatable bonds is 36. The van der Waals surface area contributed by atoms with Gasteiger partial charge in [-0.05, 0) is 365 Å². The van der Waals surface area contributed by atoms with Crippen LogP contribution in [-0.4, -0.2) is 96.6 Å². The molecule has 0 N–H and O–H groups in total. The normalized spacial score (nSPS) is 36.6. The summed E-state index contributed by atoms with van der Waals surface area (Å²) in [7, 11) is 0. The van der Waals surface area contributed by atoms with Crippen molar-refractivity contribution in [2.45, 2.75) is 634 Å². The molecular formula is C132H230O16. The molecule has 16 unspecified atom stereocenters. The molecule has 16 fully saturated rings. The molecule has 16 rings (SSSR count). The van der Waals surface area contributed by atoms with E-state index in [4.69, 9.17) is 37.9 Å². The number of ether oxygens (including phenoxy) is 8. The molecular weight excluding hydrogens is 1840 g/mol. The van der Waals surface area contributed by atoms with Crippen molar-refractivity contribution >= 4 is 47.8 Å². The first-order valence-electron chi connectivity index (χ1n) is 65.0. The maximum Gasteiger partial charge on any atom is 0.309 e. The van der Waals surface area contributed by atoms with E-state index in [0.29, 0.717) is 47.3 Å². The average molecular weight is 2070 g/mol. The van der Waals surface area contributed by atoms with Crippen molar-refractivity contribution in [3.05, 3.63) is 12.7 Å². The van der Waals surface area contributed by atoms with Crippen molar-refractivity contribution in [1.82, 2.24) is 0 Å². The molecule has 148 heavy (non-hydrogen) atoms. The fraction of sp³-hybridized carbons (Fsp3) is 0.924. The van der Waals surface area contributed by atoms with E-state index in [1.807, 2.05) is 19.9 Å². The largest absolute Gasteiger partial charge is 0.462 e. The second-order valence-electron chi connectivity index (χ2n) is 51.6. The van der Waals surface area contributed by atoms with Crippen molar-refractivity contribution in [3.8, 4) is 0 Å². The van der Waals surface area contributed by atoms with E-state index >= 15 is 0 Å². The van der Waals surface area contributed by atoms with Crippen molar-refractivity contribution in [2.24, 2.45) is 142 Å². The quantitative estimate of drug-likeness (QED) is 0.0247. The van der Waals surface area contributed by atoms with Crippen LogP contribution in [-0.2, 0) is 76.3 Å². The highest BCUT2D eigenvalue weighted by atomic mass is 16.6. The molecule has 0 aromatic heterocycles. The standard InChI is InChI=1S/C18H32O2.2C17H30O2.C17H28O2.C17H30O2.C16H28O2.2C15H26O2/c1-3-5-6-7-14-8-10-15(11-9-14)17-13-12-16(4-2)20-18(17)19;1-3-4-5-6-14-8-10-15(11-9-14)16-12-7-13(2)19-17(16)18;1-3-4-5-6-15-11-12-16(17(18)19-15)14-9-7-13(2)8-10-14;1-3-5-6-15-11-12-16(17(18)19-15)14-9-7-13(4-2)8-10-14;1-3-5-13-7-9-14(10-8-13)16-12-11-15(6-4-2)19-17(16)18;1-3-5-14-10-11-15(16(17)18-14)13-8-6-12(4-2)7-9-13;1-3-4-12-6-8-13(9-7-12)14-10-5-11(2)17-15(14)16;1-3-4-13-9-10-14(15(16)17-13)12-7-5-11(2)6-8-12/h14-17H,3-13H2,1-2H3;2*13-16H,3-12H2,1-2H3;3,13-16H,1,4-12H2,2H3;13-16H,3-12H2,1-2H3;12-15H,3-11H2,1-2H3;2*11-14H,3-10H2,1-2H3. The van der Waals surface area contributed by atoms with E-state index < -0.39 is 0 Å². The molecule has 0 bridgehead atoms. The highest BCUT2D eigenvalue weighted by Gasteiger charge is 2.46. The summed E-state index contributed by atoms with van der Waals surface area (Å²) in [5.41, 5.74) is 0. The second-order valence-corrected chi connectivity index (χ2v) is 51.6. The molecule has 0 aromatic rings. The van der Waals surface area contributed by atoms with E-state index in [-0.39, 0.29) is 144 Å². The topological polar surface area (TPSA) is 210 Å².